The first kappa shape index (κ1) is 23.2. The van der Waals surface area contributed by atoms with Gasteiger partial charge in [-0.05, 0) is 113 Å². The van der Waals surface area contributed by atoms with Crippen molar-refractivity contribution in [3.05, 3.63) is 34.1 Å². The van der Waals surface area contributed by atoms with Gasteiger partial charge >= 0.3 is 0 Å². The summed E-state index contributed by atoms with van der Waals surface area (Å²) in [6, 6.07) is 5.72. The maximum Gasteiger partial charge on any atom is 0.123 e. The van der Waals surface area contributed by atoms with E-state index in [-0.39, 0.29) is 12.4 Å². The van der Waals surface area contributed by atoms with E-state index >= 15 is 0 Å². The molecule has 0 radical (unpaired) electrons. The molecule has 2 aliphatic rings. The molecule has 0 aromatic heterocycles. The van der Waals surface area contributed by atoms with Gasteiger partial charge in [-0.25, -0.2) is 4.39 Å². The third kappa shape index (κ3) is 7.02. The van der Waals surface area contributed by atoms with Crippen molar-refractivity contribution in [1.82, 2.24) is 9.80 Å². The molecule has 1 aromatic rings. The third-order valence-corrected chi connectivity index (χ3v) is 7.98. The second-order valence-electron chi connectivity index (χ2n) is 9.04. The quantitative estimate of drug-likeness (QED) is 0.545. The SMILES string of the molecule is CCN(CCO)[C@H]1CC[C@H](CCN2CCC(Cc3cc(F)ccc3Br)CC2)CC1. The molecule has 0 bridgehead atoms. The Bertz CT molecular complexity index is 613. The summed E-state index contributed by atoms with van der Waals surface area (Å²) in [6.07, 6.45) is 10.0. The van der Waals surface area contributed by atoms with E-state index < -0.39 is 0 Å². The van der Waals surface area contributed by atoms with Gasteiger partial charge in [0.2, 0.25) is 0 Å². The Morgan fingerprint density at radius 3 is 2.48 bits per heavy atom. The molecular formula is C24H38BrFN2O. The monoisotopic (exact) mass is 468 g/mol. The van der Waals surface area contributed by atoms with Crippen LogP contribution in [0, 0.1) is 17.7 Å². The minimum atomic E-state index is -0.131. The van der Waals surface area contributed by atoms with Crippen LogP contribution in [-0.4, -0.2) is 60.3 Å². The minimum Gasteiger partial charge on any atom is -0.395 e. The lowest BCUT2D eigenvalue weighted by molar-refractivity contribution is 0.108. The molecule has 1 N–H and O–H groups in total. The zero-order valence-electron chi connectivity index (χ0n) is 18.0. The van der Waals surface area contributed by atoms with Gasteiger partial charge in [-0.15, -0.1) is 0 Å². The molecule has 1 saturated heterocycles. The van der Waals surface area contributed by atoms with Crippen LogP contribution in [0.2, 0.25) is 0 Å². The molecule has 1 aliphatic heterocycles. The Balaban J connectivity index is 1.34. The van der Waals surface area contributed by atoms with Crippen molar-refractivity contribution in [2.45, 2.75) is 64.3 Å². The topological polar surface area (TPSA) is 26.7 Å². The van der Waals surface area contributed by atoms with Crippen LogP contribution in [0.3, 0.4) is 0 Å². The fourth-order valence-corrected chi connectivity index (χ4v) is 5.72. The minimum absolute atomic E-state index is 0.131. The standard InChI is InChI=1S/C24H38BrFN2O/c1-2-28(15-16-29)23-6-3-19(4-7-23)9-12-27-13-10-20(11-14-27)17-21-18-22(26)5-8-24(21)25/h5,8,18-20,23,29H,2-4,6-7,9-17H2,1H3/t19-,23-. The molecule has 2 fully saturated rings. The molecule has 1 saturated carbocycles. The molecule has 29 heavy (non-hydrogen) atoms. The first-order chi connectivity index (χ1) is 14.1. The molecule has 5 heteroatoms. The van der Waals surface area contributed by atoms with Gasteiger partial charge in [-0.3, -0.25) is 4.90 Å². The Morgan fingerprint density at radius 1 is 1.10 bits per heavy atom. The molecule has 0 spiro atoms. The molecule has 1 heterocycles. The molecule has 0 amide bonds. The average molecular weight is 469 g/mol. The van der Waals surface area contributed by atoms with Gasteiger partial charge in [0.25, 0.3) is 0 Å². The summed E-state index contributed by atoms with van der Waals surface area (Å²) in [7, 11) is 0. The maximum atomic E-state index is 13.5. The van der Waals surface area contributed by atoms with Crippen molar-refractivity contribution < 1.29 is 9.50 Å². The Morgan fingerprint density at radius 2 is 1.83 bits per heavy atom. The zero-order chi connectivity index (χ0) is 20.6. The molecular weight excluding hydrogens is 431 g/mol. The lowest BCUT2D eigenvalue weighted by Gasteiger charge is -2.37. The number of hydrogen-bond donors (Lipinski definition) is 1. The summed E-state index contributed by atoms with van der Waals surface area (Å²) < 4.78 is 14.6. The highest BCUT2D eigenvalue weighted by Gasteiger charge is 2.26. The number of likely N-dealkylation sites (N-methyl/N-ethyl adjacent to an activating group) is 1. The predicted octanol–water partition coefficient (Wildman–Crippen LogP) is 5.11. The number of aliphatic hydroxyl groups is 1. The van der Waals surface area contributed by atoms with Gasteiger partial charge in [-0.2, -0.15) is 0 Å². The highest BCUT2D eigenvalue weighted by atomic mass is 79.9. The second-order valence-corrected chi connectivity index (χ2v) is 9.89. The van der Waals surface area contributed by atoms with Gasteiger partial charge in [0.1, 0.15) is 5.82 Å². The summed E-state index contributed by atoms with van der Waals surface area (Å²) in [4.78, 5) is 5.10. The lowest BCUT2D eigenvalue weighted by atomic mass is 9.83. The molecule has 3 nitrogen and oxygen atoms in total. The number of likely N-dealkylation sites (tertiary alicyclic amines) is 1. The van der Waals surface area contributed by atoms with E-state index in [2.05, 4.69) is 32.7 Å². The number of nitrogens with zero attached hydrogens (tertiary/aromatic N) is 2. The normalized spacial score (nSPS) is 24.3. The van der Waals surface area contributed by atoms with E-state index in [1.807, 2.05) is 6.07 Å². The number of rotatable bonds is 9. The smallest absolute Gasteiger partial charge is 0.123 e. The Kier molecular flexibility index (Phi) is 9.42. The highest BCUT2D eigenvalue weighted by Crippen LogP contribution is 2.31. The lowest BCUT2D eigenvalue weighted by Crippen LogP contribution is -2.40. The summed E-state index contributed by atoms with van der Waals surface area (Å²) in [5.41, 5.74) is 1.11. The highest BCUT2D eigenvalue weighted by molar-refractivity contribution is 9.10. The van der Waals surface area contributed by atoms with Crippen molar-refractivity contribution in [3.63, 3.8) is 0 Å². The first-order valence-electron chi connectivity index (χ1n) is 11.6. The van der Waals surface area contributed by atoms with Gasteiger partial charge < -0.3 is 10.0 Å². The molecule has 0 unspecified atom stereocenters. The molecule has 0 atom stereocenters. The molecule has 164 valence electrons. The average Bonchev–Trinajstić information content (AvgIpc) is 2.74. The molecule has 1 aromatic carbocycles. The Hall–Kier alpha value is -0.490. The van der Waals surface area contributed by atoms with Crippen molar-refractivity contribution in [2.75, 3.05) is 39.3 Å². The fraction of sp³-hybridized carbons (Fsp3) is 0.750. The van der Waals surface area contributed by atoms with E-state index in [9.17, 15) is 9.50 Å². The number of piperidine rings is 1. The summed E-state index contributed by atoms with van der Waals surface area (Å²) in [6.45, 7) is 7.97. The first-order valence-corrected chi connectivity index (χ1v) is 12.4. The van der Waals surface area contributed by atoms with Crippen LogP contribution in [0.15, 0.2) is 22.7 Å². The van der Waals surface area contributed by atoms with Crippen molar-refractivity contribution in [1.29, 1.82) is 0 Å². The van der Waals surface area contributed by atoms with Crippen LogP contribution < -0.4 is 0 Å². The van der Waals surface area contributed by atoms with Gasteiger partial charge in [0, 0.05) is 17.1 Å². The van der Waals surface area contributed by atoms with E-state index in [0.717, 1.165) is 35.5 Å². The van der Waals surface area contributed by atoms with Gasteiger partial charge in [0.15, 0.2) is 0 Å². The van der Waals surface area contributed by atoms with Crippen LogP contribution in [0.1, 0.15) is 57.4 Å². The largest absolute Gasteiger partial charge is 0.395 e. The maximum absolute atomic E-state index is 13.5. The van der Waals surface area contributed by atoms with E-state index in [0.29, 0.717) is 12.0 Å². The van der Waals surface area contributed by atoms with Gasteiger partial charge in [0.05, 0.1) is 6.61 Å². The van der Waals surface area contributed by atoms with Crippen molar-refractivity contribution >= 4 is 15.9 Å². The Labute approximate surface area is 184 Å². The van der Waals surface area contributed by atoms with Crippen LogP contribution in [0.5, 0.6) is 0 Å². The third-order valence-electron chi connectivity index (χ3n) is 7.20. The fourth-order valence-electron chi connectivity index (χ4n) is 5.32. The molecule has 3 rings (SSSR count). The number of aliphatic hydroxyl groups excluding tert-OH is 1. The van der Waals surface area contributed by atoms with E-state index in [4.69, 9.17) is 0 Å². The van der Waals surface area contributed by atoms with Crippen LogP contribution in [-0.2, 0) is 6.42 Å². The van der Waals surface area contributed by atoms with Crippen LogP contribution in [0.4, 0.5) is 4.39 Å². The van der Waals surface area contributed by atoms with Crippen molar-refractivity contribution in [3.8, 4) is 0 Å². The van der Waals surface area contributed by atoms with E-state index in [1.165, 1.54) is 70.6 Å². The van der Waals surface area contributed by atoms with Crippen LogP contribution >= 0.6 is 15.9 Å². The summed E-state index contributed by atoms with van der Waals surface area (Å²) >= 11 is 3.57. The number of benzene rings is 1. The van der Waals surface area contributed by atoms with Crippen LogP contribution in [0.25, 0.3) is 0 Å². The summed E-state index contributed by atoms with van der Waals surface area (Å²) in [5.74, 6) is 1.42. The van der Waals surface area contributed by atoms with Crippen molar-refractivity contribution in [2.24, 2.45) is 11.8 Å². The van der Waals surface area contributed by atoms with Gasteiger partial charge in [-0.1, -0.05) is 22.9 Å². The zero-order valence-corrected chi connectivity index (χ0v) is 19.5. The molecule has 1 aliphatic carbocycles. The number of hydrogen-bond acceptors (Lipinski definition) is 3. The predicted molar refractivity (Wildman–Crippen MR) is 122 cm³/mol. The second kappa shape index (κ2) is 11.8. The summed E-state index contributed by atoms with van der Waals surface area (Å²) in [5, 5.41) is 9.24. The number of halogens is 2. The van der Waals surface area contributed by atoms with E-state index in [1.54, 1.807) is 6.07 Å².